The molecule has 0 bridgehead atoms. The Morgan fingerprint density at radius 3 is 2.74 bits per heavy atom. The van der Waals surface area contributed by atoms with Gasteiger partial charge in [-0.05, 0) is 30.7 Å². The Labute approximate surface area is 139 Å². The molecule has 0 spiro atoms. The number of hydrogen-bond donors (Lipinski definition) is 1. The van der Waals surface area contributed by atoms with Crippen molar-refractivity contribution in [2.75, 3.05) is 11.9 Å². The normalized spacial score (nSPS) is 10.3. The number of aryl methyl sites for hydroxylation is 1. The lowest BCUT2D eigenvalue weighted by atomic mass is 10.2. The summed E-state index contributed by atoms with van der Waals surface area (Å²) in [6.07, 6.45) is 1.53. The van der Waals surface area contributed by atoms with Crippen LogP contribution in [0, 0.1) is 18.3 Å². The first-order valence-corrected chi connectivity index (χ1v) is 7.18. The second-order valence-electron chi connectivity index (χ2n) is 4.77. The molecule has 0 saturated heterocycles. The molecule has 2 rings (SSSR count). The summed E-state index contributed by atoms with van der Waals surface area (Å²) >= 11 is 5.89. The Balaban J connectivity index is 1.82. The number of benzene rings is 2. The van der Waals surface area contributed by atoms with E-state index in [1.54, 1.807) is 6.07 Å². The largest absolute Gasteiger partial charge is 0.386 e. The van der Waals surface area contributed by atoms with Crippen LogP contribution in [0.15, 0.2) is 47.6 Å². The van der Waals surface area contributed by atoms with Gasteiger partial charge in [-0.15, -0.1) is 0 Å². The standard InChI is InChI=1S/C17H14ClN3O2/c1-12-2-4-13(5-3-12)10-20-23-11-17(22)21-15-7-6-14(9-19)16(18)8-15/h2-8,10H,11H2,1H3,(H,21,22)/b20-10-. The smallest absolute Gasteiger partial charge is 0.265 e. The zero-order valence-corrected chi connectivity index (χ0v) is 13.2. The molecule has 2 aromatic carbocycles. The summed E-state index contributed by atoms with van der Waals surface area (Å²) in [5, 5.41) is 15.4. The minimum Gasteiger partial charge on any atom is -0.386 e. The van der Waals surface area contributed by atoms with Gasteiger partial charge in [0.2, 0.25) is 0 Å². The van der Waals surface area contributed by atoms with Crippen LogP contribution < -0.4 is 5.32 Å². The highest BCUT2D eigenvalue weighted by atomic mass is 35.5. The number of halogens is 1. The first-order valence-electron chi connectivity index (χ1n) is 6.80. The van der Waals surface area contributed by atoms with Crippen molar-refractivity contribution in [3.8, 4) is 6.07 Å². The quantitative estimate of drug-likeness (QED) is 0.674. The van der Waals surface area contributed by atoms with Gasteiger partial charge in [0.05, 0.1) is 16.8 Å². The molecule has 5 nitrogen and oxygen atoms in total. The Morgan fingerprint density at radius 2 is 2.09 bits per heavy atom. The molecule has 6 heteroatoms. The van der Waals surface area contributed by atoms with Crippen molar-refractivity contribution in [2.45, 2.75) is 6.92 Å². The van der Waals surface area contributed by atoms with Gasteiger partial charge in [-0.3, -0.25) is 4.79 Å². The third-order valence-corrected chi connectivity index (χ3v) is 3.24. The SMILES string of the molecule is Cc1ccc(/C=N\OCC(=O)Nc2ccc(C#N)c(Cl)c2)cc1. The van der Waals surface area contributed by atoms with Gasteiger partial charge in [-0.1, -0.05) is 46.6 Å². The van der Waals surface area contributed by atoms with Gasteiger partial charge in [0.15, 0.2) is 6.61 Å². The van der Waals surface area contributed by atoms with Gasteiger partial charge in [0, 0.05) is 5.69 Å². The molecule has 23 heavy (non-hydrogen) atoms. The third kappa shape index (κ3) is 5.13. The van der Waals surface area contributed by atoms with E-state index >= 15 is 0 Å². The highest BCUT2D eigenvalue weighted by molar-refractivity contribution is 6.32. The molecule has 1 amide bonds. The van der Waals surface area contributed by atoms with Crippen molar-refractivity contribution < 1.29 is 9.63 Å². The number of nitrogens with one attached hydrogen (secondary N) is 1. The number of oxime groups is 1. The van der Waals surface area contributed by atoms with E-state index in [1.165, 1.54) is 18.3 Å². The molecule has 0 aromatic heterocycles. The van der Waals surface area contributed by atoms with Crippen molar-refractivity contribution >= 4 is 29.4 Å². The lowest BCUT2D eigenvalue weighted by Gasteiger charge is -2.05. The van der Waals surface area contributed by atoms with E-state index in [1.807, 2.05) is 37.3 Å². The maximum absolute atomic E-state index is 11.7. The third-order valence-electron chi connectivity index (χ3n) is 2.92. The van der Waals surface area contributed by atoms with Gasteiger partial charge in [-0.2, -0.15) is 5.26 Å². The van der Waals surface area contributed by atoms with Crippen LogP contribution >= 0.6 is 11.6 Å². The Hall–Kier alpha value is -2.84. The monoisotopic (exact) mass is 327 g/mol. The van der Waals surface area contributed by atoms with Crippen LogP contribution in [0.5, 0.6) is 0 Å². The van der Waals surface area contributed by atoms with Crippen LogP contribution in [0.1, 0.15) is 16.7 Å². The van der Waals surface area contributed by atoms with Crippen molar-refractivity contribution in [3.63, 3.8) is 0 Å². The molecule has 1 N–H and O–H groups in total. The Bertz CT molecular complexity index is 764. The van der Waals surface area contributed by atoms with E-state index in [2.05, 4.69) is 10.5 Å². The van der Waals surface area contributed by atoms with Crippen molar-refractivity contribution in [3.05, 3.63) is 64.2 Å². The van der Waals surface area contributed by atoms with E-state index in [-0.39, 0.29) is 17.5 Å². The first-order chi connectivity index (χ1) is 11.1. The van der Waals surface area contributed by atoms with E-state index < -0.39 is 0 Å². The number of nitrogens with zero attached hydrogens (tertiary/aromatic N) is 2. The Kier molecular flexibility index (Phi) is 5.73. The van der Waals surface area contributed by atoms with E-state index in [0.717, 1.165) is 11.1 Å². The van der Waals surface area contributed by atoms with E-state index in [4.69, 9.17) is 21.7 Å². The summed E-state index contributed by atoms with van der Waals surface area (Å²) in [4.78, 5) is 16.7. The summed E-state index contributed by atoms with van der Waals surface area (Å²) in [5.41, 5.74) is 2.88. The predicted molar refractivity (Wildman–Crippen MR) is 89.5 cm³/mol. The molecule has 0 aliphatic rings. The summed E-state index contributed by atoms with van der Waals surface area (Å²) in [5.74, 6) is -0.369. The molecular weight excluding hydrogens is 314 g/mol. The summed E-state index contributed by atoms with van der Waals surface area (Å²) < 4.78 is 0. The highest BCUT2D eigenvalue weighted by Gasteiger charge is 2.05. The number of nitriles is 1. The molecule has 116 valence electrons. The molecule has 0 atom stereocenters. The average molecular weight is 328 g/mol. The summed E-state index contributed by atoms with van der Waals surface area (Å²) in [6.45, 7) is 1.77. The summed E-state index contributed by atoms with van der Waals surface area (Å²) in [7, 11) is 0. The molecule has 0 radical (unpaired) electrons. The minimum atomic E-state index is -0.369. The number of amides is 1. The average Bonchev–Trinajstić information content (AvgIpc) is 2.53. The van der Waals surface area contributed by atoms with Gasteiger partial charge in [0.1, 0.15) is 6.07 Å². The molecular formula is C17H14ClN3O2. The second-order valence-corrected chi connectivity index (χ2v) is 5.18. The molecule has 0 aliphatic heterocycles. The fraction of sp³-hybridized carbons (Fsp3) is 0.118. The molecule has 0 aliphatic carbocycles. The molecule has 2 aromatic rings. The van der Waals surface area contributed by atoms with Crippen molar-refractivity contribution in [1.82, 2.24) is 0 Å². The predicted octanol–water partition coefficient (Wildman–Crippen LogP) is 3.51. The maximum atomic E-state index is 11.7. The topological polar surface area (TPSA) is 74.5 Å². The zero-order chi connectivity index (χ0) is 16.7. The minimum absolute atomic E-state index is 0.222. The number of rotatable bonds is 5. The number of hydrogen-bond acceptors (Lipinski definition) is 4. The molecule has 0 heterocycles. The van der Waals surface area contributed by atoms with Gasteiger partial charge in [-0.25, -0.2) is 0 Å². The fourth-order valence-electron chi connectivity index (χ4n) is 1.73. The van der Waals surface area contributed by atoms with Crippen LogP contribution in [0.25, 0.3) is 0 Å². The fourth-order valence-corrected chi connectivity index (χ4v) is 1.95. The van der Waals surface area contributed by atoms with E-state index in [0.29, 0.717) is 11.3 Å². The zero-order valence-electron chi connectivity index (χ0n) is 12.4. The maximum Gasteiger partial charge on any atom is 0.265 e. The Morgan fingerprint density at radius 1 is 1.35 bits per heavy atom. The lowest BCUT2D eigenvalue weighted by molar-refractivity contribution is -0.120. The van der Waals surface area contributed by atoms with Gasteiger partial charge in [0.25, 0.3) is 5.91 Å². The van der Waals surface area contributed by atoms with Crippen LogP contribution in [-0.2, 0) is 9.63 Å². The highest BCUT2D eigenvalue weighted by Crippen LogP contribution is 2.20. The molecule has 0 unspecified atom stereocenters. The number of carbonyl (C=O) groups is 1. The molecule has 0 fully saturated rings. The van der Waals surface area contributed by atoms with Gasteiger partial charge < -0.3 is 10.2 Å². The summed E-state index contributed by atoms with van der Waals surface area (Å²) in [6, 6.07) is 14.3. The second kappa shape index (κ2) is 7.97. The van der Waals surface area contributed by atoms with Crippen molar-refractivity contribution in [1.29, 1.82) is 5.26 Å². The van der Waals surface area contributed by atoms with Crippen LogP contribution in [0.2, 0.25) is 5.02 Å². The van der Waals surface area contributed by atoms with Crippen LogP contribution in [0.3, 0.4) is 0 Å². The number of anilines is 1. The first kappa shape index (κ1) is 16.5. The molecule has 0 saturated carbocycles. The number of carbonyl (C=O) groups excluding carboxylic acids is 1. The van der Waals surface area contributed by atoms with Crippen LogP contribution in [-0.4, -0.2) is 18.7 Å². The van der Waals surface area contributed by atoms with Crippen LogP contribution in [0.4, 0.5) is 5.69 Å². The van der Waals surface area contributed by atoms with Crippen molar-refractivity contribution in [2.24, 2.45) is 5.16 Å². The van der Waals surface area contributed by atoms with E-state index in [9.17, 15) is 4.79 Å². The van der Waals surface area contributed by atoms with Gasteiger partial charge >= 0.3 is 0 Å². The lowest BCUT2D eigenvalue weighted by Crippen LogP contribution is -2.17.